The third kappa shape index (κ3) is 4.78. The Kier molecular flexibility index (Phi) is 7.36. The molecule has 0 saturated heterocycles. The van der Waals surface area contributed by atoms with Gasteiger partial charge in [-0.05, 0) is 42.8 Å². The Morgan fingerprint density at radius 3 is 2.47 bits per heavy atom. The van der Waals surface area contributed by atoms with Crippen LogP contribution in [0.3, 0.4) is 0 Å². The van der Waals surface area contributed by atoms with Gasteiger partial charge < -0.3 is 0 Å². The number of unbranched alkanes of at least 4 members (excludes halogenated alkanes) is 1. The van der Waals surface area contributed by atoms with E-state index in [1.165, 1.54) is 39.9 Å². The number of sulfonamides is 1. The molecule has 0 radical (unpaired) electrons. The Balaban J connectivity index is 1.77. The minimum Gasteiger partial charge on any atom is -0.298 e. The van der Waals surface area contributed by atoms with Crippen molar-refractivity contribution in [3.05, 3.63) is 52.0 Å². The van der Waals surface area contributed by atoms with E-state index >= 15 is 0 Å². The number of hydrogen-bond acceptors (Lipinski definition) is 5. The monoisotopic (exact) mass is 485 g/mol. The molecule has 3 rings (SSSR count). The standard InChI is InChI=1S/C20H21Cl2N3O3S2/c1-3-5-12-25(4-2)30(27,28)14-8-6-13(7-9-14)19(26)24-20-23-18-16(29-20)11-10-15(21)17(18)22/h6-11H,3-5,12H2,1-2H3,(H,23,24,26). The lowest BCUT2D eigenvalue weighted by Gasteiger charge is -2.20. The van der Waals surface area contributed by atoms with Crippen molar-refractivity contribution in [3.8, 4) is 0 Å². The molecule has 1 N–H and O–H groups in total. The van der Waals surface area contributed by atoms with Gasteiger partial charge in [-0.1, -0.05) is 54.8 Å². The lowest BCUT2D eigenvalue weighted by molar-refractivity contribution is 0.102. The highest BCUT2D eigenvalue weighted by molar-refractivity contribution is 7.89. The van der Waals surface area contributed by atoms with E-state index in [9.17, 15) is 13.2 Å². The van der Waals surface area contributed by atoms with Crippen LogP contribution in [-0.2, 0) is 10.0 Å². The van der Waals surface area contributed by atoms with Gasteiger partial charge in [-0.15, -0.1) is 0 Å². The van der Waals surface area contributed by atoms with Crippen LogP contribution in [0.25, 0.3) is 10.2 Å². The number of thiazole rings is 1. The van der Waals surface area contributed by atoms with Gasteiger partial charge in [-0.2, -0.15) is 4.31 Å². The van der Waals surface area contributed by atoms with Crippen LogP contribution in [0.5, 0.6) is 0 Å². The number of nitrogens with one attached hydrogen (secondary N) is 1. The fourth-order valence-corrected chi connectivity index (χ4v) is 5.64. The van der Waals surface area contributed by atoms with Gasteiger partial charge in [0, 0.05) is 18.7 Å². The summed E-state index contributed by atoms with van der Waals surface area (Å²) in [5.74, 6) is -0.390. The Morgan fingerprint density at radius 2 is 1.83 bits per heavy atom. The fraction of sp³-hybridized carbons (Fsp3) is 0.300. The second kappa shape index (κ2) is 9.62. The maximum absolute atomic E-state index is 12.8. The second-order valence-corrected chi connectivity index (χ2v) is 10.3. The molecule has 1 aromatic heterocycles. The number of halogens is 2. The van der Waals surface area contributed by atoms with Gasteiger partial charge in [0.2, 0.25) is 10.0 Å². The minimum atomic E-state index is -3.59. The number of aromatic nitrogens is 1. The first-order valence-electron chi connectivity index (χ1n) is 9.44. The highest BCUT2D eigenvalue weighted by atomic mass is 35.5. The number of anilines is 1. The summed E-state index contributed by atoms with van der Waals surface area (Å²) in [5, 5.41) is 3.83. The number of benzene rings is 2. The quantitative estimate of drug-likeness (QED) is 0.445. The topological polar surface area (TPSA) is 79.4 Å². The van der Waals surface area contributed by atoms with Crippen molar-refractivity contribution >= 4 is 65.8 Å². The molecule has 1 amide bonds. The molecule has 2 aromatic carbocycles. The van der Waals surface area contributed by atoms with Gasteiger partial charge >= 0.3 is 0 Å². The predicted octanol–water partition coefficient (Wildman–Crippen LogP) is 5.67. The van der Waals surface area contributed by atoms with E-state index in [0.29, 0.717) is 39.3 Å². The third-order valence-corrected chi connectivity index (χ3v) is 8.26. The highest BCUT2D eigenvalue weighted by Crippen LogP contribution is 2.35. The molecule has 0 saturated carbocycles. The molecular weight excluding hydrogens is 465 g/mol. The zero-order valence-corrected chi connectivity index (χ0v) is 19.6. The Bertz CT molecular complexity index is 1160. The largest absolute Gasteiger partial charge is 0.298 e. The van der Waals surface area contributed by atoms with E-state index in [2.05, 4.69) is 10.3 Å². The average molecular weight is 486 g/mol. The maximum atomic E-state index is 12.8. The van der Waals surface area contributed by atoms with Gasteiger partial charge in [0.25, 0.3) is 5.91 Å². The lowest BCUT2D eigenvalue weighted by Crippen LogP contribution is -2.31. The van der Waals surface area contributed by atoms with Crippen LogP contribution in [-0.4, -0.2) is 36.7 Å². The van der Waals surface area contributed by atoms with Crippen LogP contribution >= 0.6 is 34.5 Å². The SMILES string of the molecule is CCCCN(CC)S(=O)(=O)c1ccc(C(=O)Nc2nc3c(Cl)c(Cl)ccc3s2)cc1. The summed E-state index contributed by atoms with van der Waals surface area (Å²) in [6, 6.07) is 9.35. The number of carbonyl (C=O) groups is 1. The van der Waals surface area contributed by atoms with Crippen molar-refractivity contribution in [3.63, 3.8) is 0 Å². The normalized spacial score (nSPS) is 11.9. The molecular formula is C20H21Cl2N3O3S2. The molecule has 0 aliphatic rings. The van der Waals surface area contributed by atoms with E-state index in [4.69, 9.17) is 23.2 Å². The van der Waals surface area contributed by atoms with Gasteiger partial charge in [-0.3, -0.25) is 10.1 Å². The van der Waals surface area contributed by atoms with Crippen molar-refractivity contribution in [2.45, 2.75) is 31.6 Å². The van der Waals surface area contributed by atoms with Crippen LogP contribution < -0.4 is 5.32 Å². The van der Waals surface area contributed by atoms with Crippen LogP contribution in [0.2, 0.25) is 10.0 Å². The van der Waals surface area contributed by atoms with Gasteiger partial charge in [0.15, 0.2) is 5.13 Å². The summed E-state index contributed by atoms with van der Waals surface area (Å²) in [5.41, 5.74) is 0.853. The molecule has 0 bridgehead atoms. The zero-order chi connectivity index (χ0) is 21.9. The highest BCUT2D eigenvalue weighted by Gasteiger charge is 2.23. The summed E-state index contributed by atoms with van der Waals surface area (Å²) in [6.07, 6.45) is 1.71. The molecule has 1 heterocycles. The minimum absolute atomic E-state index is 0.165. The molecule has 0 unspecified atom stereocenters. The maximum Gasteiger partial charge on any atom is 0.257 e. The Morgan fingerprint density at radius 1 is 1.13 bits per heavy atom. The number of rotatable bonds is 8. The fourth-order valence-electron chi connectivity index (χ4n) is 2.87. The summed E-state index contributed by atoms with van der Waals surface area (Å²) in [4.78, 5) is 17.1. The first-order chi connectivity index (χ1) is 14.3. The molecule has 0 fully saturated rings. The van der Waals surface area contributed by atoms with Gasteiger partial charge in [0.1, 0.15) is 5.52 Å². The zero-order valence-electron chi connectivity index (χ0n) is 16.5. The first-order valence-corrected chi connectivity index (χ1v) is 12.4. The van der Waals surface area contributed by atoms with Crippen molar-refractivity contribution in [1.29, 1.82) is 0 Å². The molecule has 6 nitrogen and oxygen atoms in total. The second-order valence-electron chi connectivity index (χ2n) is 6.56. The van der Waals surface area contributed by atoms with Gasteiger partial charge in [0.05, 0.1) is 19.6 Å². The molecule has 0 aliphatic heterocycles. The Hall–Kier alpha value is -1.71. The molecule has 30 heavy (non-hydrogen) atoms. The van der Waals surface area contributed by atoms with E-state index in [1.807, 2.05) is 13.8 Å². The van der Waals surface area contributed by atoms with E-state index < -0.39 is 15.9 Å². The summed E-state index contributed by atoms with van der Waals surface area (Å²) < 4.78 is 27.8. The van der Waals surface area contributed by atoms with Crippen molar-refractivity contribution in [2.24, 2.45) is 0 Å². The van der Waals surface area contributed by atoms with E-state index in [1.54, 1.807) is 12.1 Å². The molecule has 0 atom stereocenters. The molecule has 160 valence electrons. The lowest BCUT2D eigenvalue weighted by atomic mass is 10.2. The number of nitrogens with zero attached hydrogens (tertiary/aromatic N) is 2. The van der Waals surface area contributed by atoms with Crippen LogP contribution in [0.4, 0.5) is 5.13 Å². The van der Waals surface area contributed by atoms with Crippen molar-refractivity contribution in [1.82, 2.24) is 9.29 Å². The van der Waals surface area contributed by atoms with Gasteiger partial charge in [-0.25, -0.2) is 13.4 Å². The van der Waals surface area contributed by atoms with E-state index in [0.717, 1.165) is 17.5 Å². The summed E-state index contributed by atoms with van der Waals surface area (Å²) in [6.45, 7) is 4.70. The number of fused-ring (bicyclic) bond motifs is 1. The third-order valence-electron chi connectivity index (χ3n) is 4.54. The summed E-state index contributed by atoms with van der Waals surface area (Å²) >= 11 is 13.4. The molecule has 0 spiro atoms. The first kappa shape index (κ1) is 23.0. The average Bonchev–Trinajstić information content (AvgIpc) is 3.14. The molecule has 10 heteroatoms. The van der Waals surface area contributed by atoms with Crippen molar-refractivity contribution in [2.75, 3.05) is 18.4 Å². The van der Waals surface area contributed by atoms with Crippen molar-refractivity contribution < 1.29 is 13.2 Å². The number of amides is 1. The smallest absolute Gasteiger partial charge is 0.257 e. The summed E-state index contributed by atoms with van der Waals surface area (Å²) in [7, 11) is -3.59. The number of hydrogen-bond donors (Lipinski definition) is 1. The molecule has 0 aliphatic carbocycles. The van der Waals surface area contributed by atoms with Crippen LogP contribution in [0, 0.1) is 0 Å². The predicted molar refractivity (Wildman–Crippen MR) is 123 cm³/mol. The Labute approximate surface area is 189 Å². The van der Waals surface area contributed by atoms with Crippen LogP contribution in [0.15, 0.2) is 41.3 Å². The van der Waals surface area contributed by atoms with E-state index in [-0.39, 0.29) is 4.90 Å². The number of carbonyl (C=O) groups excluding carboxylic acids is 1. The van der Waals surface area contributed by atoms with Crippen LogP contribution in [0.1, 0.15) is 37.0 Å². The molecule has 3 aromatic rings.